The Hall–Kier alpha value is -0.690. The van der Waals surface area contributed by atoms with Crippen LogP contribution in [-0.4, -0.2) is 57.6 Å². The number of carbonyl (C=O) groups excluding carboxylic acids is 1. The number of rotatable bonds is 2. The smallest absolute Gasteiger partial charge is 0.233 e. The fourth-order valence-corrected chi connectivity index (χ4v) is 1.45. The van der Waals surface area contributed by atoms with Gasteiger partial charge in [0.05, 0.1) is 12.7 Å². The number of nitrogens with one attached hydrogen (secondary N) is 1. The second kappa shape index (κ2) is 4.01. The molecule has 1 amide bonds. The summed E-state index contributed by atoms with van der Waals surface area (Å²) in [6.45, 7) is 1.05. The number of aliphatic hydroxyl groups is 3. The Morgan fingerprint density at radius 3 is 2.85 bits per heavy atom. The SMILES string of the molecule is CC(=O)N1NCC(O)[C@@H]1C(O)CO. The lowest BCUT2D eigenvalue weighted by atomic mass is 10.1. The van der Waals surface area contributed by atoms with Crippen LogP contribution in [0.5, 0.6) is 0 Å². The Bertz CT molecular complexity index is 199. The lowest BCUT2D eigenvalue weighted by Gasteiger charge is -2.27. The van der Waals surface area contributed by atoms with Crippen LogP contribution >= 0.6 is 0 Å². The van der Waals surface area contributed by atoms with Crippen molar-refractivity contribution >= 4 is 5.91 Å². The summed E-state index contributed by atoms with van der Waals surface area (Å²) in [7, 11) is 0. The standard InChI is InChI=1S/C7H14N2O4/c1-4(11)9-7(6(13)3-10)5(12)2-8-9/h5-8,10,12-13H,2-3H2,1H3/t5?,6?,7-/m1/s1. The predicted octanol–water partition coefficient (Wildman–Crippen LogP) is -2.56. The molecule has 76 valence electrons. The topological polar surface area (TPSA) is 93.0 Å². The first-order valence-corrected chi connectivity index (χ1v) is 4.08. The van der Waals surface area contributed by atoms with E-state index >= 15 is 0 Å². The third-order valence-electron chi connectivity index (χ3n) is 2.08. The monoisotopic (exact) mass is 190 g/mol. The first kappa shape index (κ1) is 10.4. The van der Waals surface area contributed by atoms with Crippen molar-refractivity contribution in [2.45, 2.75) is 25.2 Å². The summed E-state index contributed by atoms with van der Waals surface area (Å²) in [4.78, 5) is 11.0. The van der Waals surface area contributed by atoms with Crippen LogP contribution in [0.2, 0.25) is 0 Å². The summed E-state index contributed by atoms with van der Waals surface area (Å²) in [5.41, 5.74) is 2.63. The minimum Gasteiger partial charge on any atom is -0.394 e. The van der Waals surface area contributed by atoms with Crippen molar-refractivity contribution in [3.63, 3.8) is 0 Å². The number of β-amino-alcohol motifs (C(OH)–C–C–N with tert-alkyl or cyclic N) is 1. The number of nitrogens with zero attached hydrogens (tertiary/aromatic N) is 1. The van der Waals surface area contributed by atoms with Crippen LogP contribution in [0, 0.1) is 0 Å². The van der Waals surface area contributed by atoms with Crippen LogP contribution in [0.3, 0.4) is 0 Å². The maximum absolute atomic E-state index is 11.0. The molecule has 6 nitrogen and oxygen atoms in total. The zero-order valence-corrected chi connectivity index (χ0v) is 7.34. The van der Waals surface area contributed by atoms with Gasteiger partial charge in [0, 0.05) is 13.5 Å². The molecule has 0 saturated carbocycles. The van der Waals surface area contributed by atoms with E-state index in [1.807, 2.05) is 0 Å². The van der Waals surface area contributed by atoms with Crippen molar-refractivity contribution in [1.82, 2.24) is 10.4 Å². The molecule has 0 aromatic carbocycles. The summed E-state index contributed by atoms with van der Waals surface area (Å²) < 4.78 is 0. The first-order valence-electron chi connectivity index (χ1n) is 4.08. The molecule has 1 heterocycles. The van der Waals surface area contributed by atoms with Crippen molar-refractivity contribution in [3.8, 4) is 0 Å². The lowest BCUT2D eigenvalue weighted by molar-refractivity contribution is -0.137. The number of hydrogen-bond acceptors (Lipinski definition) is 5. The molecule has 0 aromatic rings. The molecule has 1 rings (SSSR count). The predicted molar refractivity (Wildman–Crippen MR) is 43.4 cm³/mol. The first-order chi connectivity index (χ1) is 6.07. The highest BCUT2D eigenvalue weighted by molar-refractivity contribution is 5.73. The van der Waals surface area contributed by atoms with Gasteiger partial charge in [-0.1, -0.05) is 0 Å². The average Bonchev–Trinajstić information content (AvgIpc) is 2.46. The highest BCUT2D eigenvalue weighted by Gasteiger charge is 2.39. The van der Waals surface area contributed by atoms with Crippen molar-refractivity contribution in [2.75, 3.05) is 13.2 Å². The highest BCUT2D eigenvalue weighted by Crippen LogP contribution is 2.13. The van der Waals surface area contributed by atoms with Crippen LogP contribution in [0.1, 0.15) is 6.92 Å². The van der Waals surface area contributed by atoms with E-state index in [1.54, 1.807) is 0 Å². The lowest BCUT2D eigenvalue weighted by Crippen LogP contribution is -2.50. The minimum atomic E-state index is -1.12. The summed E-state index contributed by atoms with van der Waals surface area (Å²) in [6, 6.07) is -0.762. The van der Waals surface area contributed by atoms with Gasteiger partial charge in [0.2, 0.25) is 5.91 Å². The Balaban J connectivity index is 2.70. The van der Waals surface area contributed by atoms with Gasteiger partial charge in [0.15, 0.2) is 0 Å². The van der Waals surface area contributed by atoms with Crippen LogP contribution in [0.15, 0.2) is 0 Å². The van der Waals surface area contributed by atoms with Gasteiger partial charge >= 0.3 is 0 Å². The minimum absolute atomic E-state index is 0.210. The molecule has 4 N–H and O–H groups in total. The Morgan fingerprint density at radius 1 is 1.77 bits per heavy atom. The van der Waals surface area contributed by atoms with Crippen molar-refractivity contribution in [3.05, 3.63) is 0 Å². The fourth-order valence-electron chi connectivity index (χ4n) is 1.45. The summed E-state index contributed by atoms with van der Waals surface area (Å²) in [5.74, 6) is -0.297. The molecule has 0 radical (unpaired) electrons. The number of aliphatic hydroxyl groups excluding tert-OH is 3. The molecular weight excluding hydrogens is 176 g/mol. The second-order valence-electron chi connectivity index (χ2n) is 3.06. The van der Waals surface area contributed by atoms with E-state index in [0.29, 0.717) is 0 Å². The molecule has 1 aliphatic heterocycles. The van der Waals surface area contributed by atoms with E-state index < -0.39 is 24.9 Å². The van der Waals surface area contributed by atoms with Crippen molar-refractivity contribution < 1.29 is 20.1 Å². The largest absolute Gasteiger partial charge is 0.394 e. The number of hydrogen-bond donors (Lipinski definition) is 4. The molecule has 1 saturated heterocycles. The van der Waals surface area contributed by atoms with Crippen molar-refractivity contribution in [1.29, 1.82) is 0 Å². The number of carbonyl (C=O) groups is 1. The van der Waals surface area contributed by atoms with Gasteiger partial charge < -0.3 is 15.3 Å². The van der Waals surface area contributed by atoms with Gasteiger partial charge in [-0.25, -0.2) is 5.43 Å². The van der Waals surface area contributed by atoms with Gasteiger partial charge in [-0.05, 0) is 0 Å². The van der Waals surface area contributed by atoms with Crippen LogP contribution < -0.4 is 5.43 Å². The van der Waals surface area contributed by atoms with E-state index in [9.17, 15) is 15.0 Å². The zero-order chi connectivity index (χ0) is 10.0. The molecule has 1 fully saturated rings. The van der Waals surface area contributed by atoms with Gasteiger partial charge in [0.25, 0.3) is 0 Å². The fraction of sp³-hybridized carbons (Fsp3) is 0.857. The summed E-state index contributed by atoms with van der Waals surface area (Å²) in [5, 5.41) is 28.5. The third-order valence-corrected chi connectivity index (χ3v) is 2.08. The Morgan fingerprint density at radius 2 is 2.38 bits per heavy atom. The van der Waals surface area contributed by atoms with Gasteiger partial charge in [-0.15, -0.1) is 0 Å². The van der Waals surface area contributed by atoms with Crippen LogP contribution in [-0.2, 0) is 4.79 Å². The van der Waals surface area contributed by atoms with E-state index in [-0.39, 0.29) is 12.5 Å². The maximum Gasteiger partial charge on any atom is 0.233 e. The zero-order valence-electron chi connectivity index (χ0n) is 7.34. The number of hydrazine groups is 1. The maximum atomic E-state index is 11.0. The van der Waals surface area contributed by atoms with Gasteiger partial charge in [0.1, 0.15) is 12.1 Å². The molecule has 1 aliphatic rings. The quantitative estimate of drug-likeness (QED) is 0.384. The second-order valence-corrected chi connectivity index (χ2v) is 3.06. The van der Waals surface area contributed by atoms with E-state index in [1.165, 1.54) is 6.92 Å². The molecule has 0 bridgehead atoms. The van der Waals surface area contributed by atoms with Crippen molar-refractivity contribution in [2.24, 2.45) is 0 Å². The summed E-state index contributed by atoms with van der Waals surface area (Å²) >= 11 is 0. The molecule has 13 heavy (non-hydrogen) atoms. The third kappa shape index (κ3) is 1.97. The Labute approximate surface area is 75.7 Å². The molecule has 6 heteroatoms. The molecule has 0 aliphatic carbocycles. The van der Waals surface area contributed by atoms with E-state index in [2.05, 4.69) is 5.43 Å². The average molecular weight is 190 g/mol. The molecule has 2 unspecified atom stereocenters. The normalized spacial score (nSPS) is 30.6. The number of amides is 1. The van der Waals surface area contributed by atoms with Gasteiger partial charge in [-0.3, -0.25) is 9.80 Å². The Kier molecular flexibility index (Phi) is 3.21. The van der Waals surface area contributed by atoms with Gasteiger partial charge in [-0.2, -0.15) is 0 Å². The molecule has 0 spiro atoms. The van der Waals surface area contributed by atoms with Crippen LogP contribution in [0.25, 0.3) is 0 Å². The van der Waals surface area contributed by atoms with Crippen LogP contribution in [0.4, 0.5) is 0 Å². The molecule has 0 aromatic heterocycles. The van der Waals surface area contributed by atoms with E-state index in [4.69, 9.17) is 5.11 Å². The summed E-state index contributed by atoms with van der Waals surface area (Å²) in [6.07, 6.45) is -1.96. The van der Waals surface area contributed by atoms with E-state index in [0.717, 1.165) is 5.01 Å². The highest BCUT2D eigenvalue weighted by atomic mass is 16.3. The molecule has 3 atom stereocenters. The molecular formula is C7H14N2O4.